The van der Waals surface area contributed by atoms with E-state index >= 15 is 0 Å². The maximum Gasteiger partial charge on any atom is 0.333 e. The molecule has 0 fully saturated rings. The largest absolute Gasteiger partial charge is 0.455 e. The molecule has 0 unspecified atom stereocenters. The van der Waals surface area contributed by atoms with E-state index in [0.29, 0.717) is 0 Å². The lowest BCUT2D eigenvalue weighted by atomic mass is 9.42. The van der Waals surface area contributed by atoms with E-state index in [1.54, 1.807) is 0 Å². The minimum Gasteiger partial charge on any atom is -0.455 e. The van der Waals surface area contributed by atoms with E-state index < -0.39 is 0 Å². The zero-order chi connectivity index (χ0) is 37.1. The van der Waals surface area contributed by atoms with Crippen LogP contribution in [0.3, 0.4) is 0 Å². The number of fused-ring (bicyclic) bond motifs is 9. The monoisotopic (exact) mass is 720 g/mol. The first-order chi connectivity index (χ1) is 25.8. The van der Waals surface area contributed by atoms with E-state index in [-0.39, 0.29) is 23.1 Å². The number of para-hydroxylation sites is 3. The standard InChI is InChI=1S/C49H45BN2OS/c1-28-22-31-30-14-13-16-33-46(30)52(37-17-10-9-15-32(37)49(33,7)8)50-36-26-44-42(53-41-18-11-12-19-43(41)54-44)27-39(36)51(40(23-28)45(31)50)38-25-35-34(24-29(38)2)47(3,4)20-21-48(35,5)6/h9-19,22-27H,20-21H2,1-8H3. The fourth-order valence-corrected chi connectivity index (χ4v) is 11.5. The van der Waals surface area contributed by atoms with Crippen LogP contribution >= 0.6 is 11.8 Å². The zero-order valence-electron chi connectivity index (χ0n) is 32.5. The predicted molar refractivity (Wildman–Crippen MR) is 228 cm³/mol. The van der Waals surface area contributed by atoms with Crippen molar-refractivity contribution in [3.8, 4) is 22.6 Å². The molecule has 6 aromatic carbocycles. The first-order valence-electron chi connectivity index (χ1n) is 19.6. The van der Waals surface area contributed by atoms with Crippen molar-refractivity contribution in [2.75, 3.05) is 9.71 Å². The summed E-state index contributed by atoms with van der Waals surface area (Å²) >= 11 is 1.83. The fourth-order valence-electron chi connectivity index (χ4n) is 10.5. The second-order valence-corrected chi connectivity index (χ2v) is 19.2. The molecule has 6 aromatic rings. The summed E-state index contributed by atoms with van der Waals surface area (Å²) in [6.45, 7) is 19.1. The molecule has 5 heteroatoms. The van der Waals surface area contributed by atoms with E-state index in [1.807, 2.05) is 11.8 Å². The minimum atomic E-state index is -0.143. The lowest BCUT2D eigenvalue weighted by Crippen LogP contribution is -2.63. The second kappa shape index (κ2) is 10.7. The van der Waals surface area contributed by atoms with Crippen LogP contribution in [0, 0.1) is 13.8 Å². The Balaban J connectivity index is 1.26. The summed E-state index contributed by atoms with van der Waals surface area (Å²) < 4.78 is 6.79. The summed E-state index contributed by atoms with van der Waals surface area (Å²) in [7, 11) is 0. The number of aryl methyl sites for hydroxylation is 2. The number of ether oxygens (including phenoxy) is 1. The number of anilines is 5. The maximum absolute atomic E-state index is 6.79. The van der Waals surface area contributed by atoms with Crippen LogP contribution in [0.5, 0.6) is 11.5 Å². The Hall–Kier alpha value is -4.87. The highest BCUT2D eigenvalue weighted by atomic mass is 32.2. The van der Waals surface area contributed by atoms with Gasteiger partial charge in [-0.2, -0.15) is 0 Å². The third-order valence-electron chi connectivity index (χ3n) is 13.5. The van der Waals surface area contributed by atoms with E-state index in [9.17, 15) is 0 Å². The average Bonchev–Trinajstić information content (AvgIpc) is 3.15. The Morgan fingerprint density at radius 3 is 2.13 bits per heavy atom. The van der Waals surface area contributed by atoms with Gasteiger partial charge in [0.2, 0.25) is 0 Å². The van der Waals surface area contributed by atoms with Crippen molar-refractivity contribution >= 4 is 58.0 Å². The fraction of sp³-hybridized carbons (Fsp3) is 0.265. The van der Waals surface area contributed by atoms with E-state index in [4.69, 9.17) is 4.74 Å². The van der Waals surface area contributed by atoms with E-state index in [2.05, 4.69) is 168 Å². The molecule has 0 saturated heterocycles. The van der Waals surface area contributed by atoms with Gasteiger partial charge >= 0.3 is 6.85 Å². The number of nitrogens with zero attached hydrogens (tertiary/aromatic N) is 2. The van der Waals surface area contributed by atoms with Gasteiger partial charge in [-0.05, 0) is 124 Å². The molecule has 266 valence electrons. The molecule has 5 aliphatic rings. The van der Waals surface area contributed by atoms with Gasteiger partial charge in [0, 0.05) is 45.5 Å². The molecule has 0 bridgehead atoms. The normalized spacial score (nSPS) is 18.3. The maximum atomic E-state index is 6.79. The zero-order valence-corrected chi connectivity index (χ0v) is 33.3. The highest BCUT2D eigenvalue weighted by Crippen LogP contribution is 2.58. The molecular formula is C49H45BN2OS. The molecule has 0 aromatic heterocycles. The first-order valence-corrected chi connectivity index (χ1v) is 20.4. The summed E-state index contributed by atoms with van der Waals surface area (Å²) in [6.07, 6.45) is 2.37. The average molecular weight is 721 g/mol. The quantitative estimate of drug-likeness (QED) is 0.157. The van der Waals surface area contributed by atoms with Gasteiger partial charge in [0.05, 0.1) is 9.79 Å². The number of hydrogen-bond donors (Lipinski definition) is 0. The Labute approximate surface area is 324 Å². The molecule has 0 saturated carbocycles. The molecule has 54 heavy (non-hydrogen) atoms. The molecule has 4 aliphatic heterocycles. The topological polar surface area (TPSA) is 15.7 Å². The molecule has 0 atom stereocenters. The van der Waals surface area contributed by atoms with Crippen LogP contribution in [0.2, 0.25) is 0 Å². The van der Waals surface area contributed by atoms with Gasteiger partial charge in [-0.3, -0.25) is 0 Å². The third-order valence-corrected chi connectivity index (χ3v) is 14.6. The van der Waals surface area contributed by atoms with Crippen molar-refractivity contribution in [3.63, 3.8) is 0 Å². The number of rotatable bonds is 1. The molecule has 11 rings (SSSR count). The van der Waals surface area contributed by atoms with Gasteiger partial charge in [0.25, 0.3) is 0 Å². The molecule has 0 spiro atoms. The summed E-state index contributed by atoms with van der Waals surface area (Å²) in [4.78, 5) is 7.63. The van der Waals surface area contributed by atoms with Gasteiger partial charge in [-0.15, -0.1) is 0 Å². The summed E-state index contributed by atoms with van der Waals surface area (Å²) in [5.74, 6) is 1.85. The van der Waals surface area contributed by atoms with Gasteiger partial charge in [-0.1, -0.05) is 114 Å². The van der Waals surface area contributed by atoms with Crippen LogP contribution in [0.4, 0.5) is 28.4 Å². The molecular weight excluding hydrogens is 675 g/mol. The van der Waals surface area contributed by atoms with Crippen molar-refractivity contribution in [1.29, 1.82) is 0 Å². The third kappa shape index (κ3) is 4.22. The van der Waals surface area contributed by atoms with Crippen molar-refractivity contribution in [1.82, 2.24) is 0 Å². The lowest BCUT2D eigenvalue weighted by Gasteiger charge is -2.51. The van der Waals surface area contributed by atoms with E-state index in [1.165, 1.54) is 102 Å². The van der Waals surface area contributed by atoms with E-state index in [0.717, 1.165) is 16.4 Å². The molecule has 3 nitrogen and oxygen atoms in total. The second-order valence-electron chi connectivity index (χ2n) is 18.2. The van der Waals surface area contributed by atoms with Gasteiger partial charge in [-0.25, -0.2) is 0 Å². The van der Waals surface area contributed by atoms with Crippen LogP contribution in [-0.4, -0.2) is 6.85 Å². The number of benzene rings is 6. The van der Waals surface area contributed by atoms with Crippen molar-refractivity contribution in [2.24, 2.45) is 0 Å². The molecule has 0 amide bonds. The Morgan fingerprint density at radius 2 is 1.31 bits per heavy atom. The predicted octanol–water partition coefficient (Wildman–Crippen LogP) is 12.3. The molecule has 0 radical (unpaired) electrons. The van der Waals surface area contributed by atoms with Gasteiger partial charge in [0.15, 0.2) is 0 Å². The SMILES string of the molecule is Cc1cc2c3c(c1)N(c1cc4c(cc1C)C(C)(C)CCC4(C)C)c1cc4c(cc1B3N1c3ccccc3C(C)(C)c3cccc-2c31)Sc1ccccc1O4. The molecule has 0 N–H and O–H groups in total. The Bertz CT molecular complexity index is 2650. The van der Waals surface area contributed by atoms with Gasteiger partial charge in [0.1, 0.15) is 11.5 Å². The summed E-state index contributed by atoms with van der Waals surface area (Å²) in [5, 5.41) is 0. The van der Waals surface area contributed by atoms with Crippen LogP contribution in [0.25, 0.3) is 11.1 Å². The van der Waals surface area contributed by atoms with Crippen LogP contribution in [-0.2, 0) is 16.2 Å². The summed E-state index contributed by atoms with van der Waals surface area (Å²) in [5.41, 5.74) is 20.1. The first kappa shape index (κ1) is 32.6. The van der Waals surface area contributed by atoms with Crippen molar-refractivity contribution in [2.45, 2.75) is 94.3 Å². The highest BCUT2D eigenvalue weighted by Gasteiger charge is 2.51. The smallest absolute Gasteiger partial charge is 0.333 e. The number of hydrogen-bond acceptors (Lipinski definition) is 4. The van der Waals surface area contributed by atoms with Crippen molar-refractivity contribution in [3.05, 3.63) is 137 Å². The molecule has 1 aliphatic carbocycles. The van der Waals surface area contributed by atoms with Gasteiger partial charge < -0.3 is 14.4 Å². The van der Waals surface area contributed by atoms with Crippen LogP contribution in [0.15, 0.2) is 113 Å². The van der Waals surface area contributed by atoms with Crippen LogP contribution in [0.1, 0.15) is 87.8 Å². The Kier molecular flexibility index (Phi) is 6.43. The summed E-state index contributed by atoms with van der Waals surface area (Å²) in [6, 6.07) is 39.4. The van der Waals surface area contributed by atoms with Crippen molar-refractivity contribution < 1.29 is 4.74 Å². The molecule has 4 heterocycles. The lowest BCUT2D eigenvalue weighted by molar-refractivity contribution is 0.332. The minimum absolute atomic E-state index is 0.0240. The Morgan fingerprint density at radius 1 is 0.593 bits per heavy atom. The van der Waals surface area contributed by atoms with Crippen LogP contribution < -0.4 is 25.4 Å². The highest BCUT2D eigenvalue weighted by molar-refractivity contribution is 7.99.